The number of fused-ring (bicyclic) bond motifs is 2. The Morgan fingerprint density at radius 3 is 2.59 bits per heavy atom. The molecule has 1 heteroatoms. The summed E-state index contributed by atoms with van der Waals surface area (Å²) in [5.41, 5.74) is 4.66. The van der Waals surface area contributed by atoms with Crippen LogP contribution in [0.2, 0.25) is 0 Å². The van der Waals surface area contributed by atoms with Crippen LogP contribution >= 0.6 is 0 Å². The Kier molecular flexibility index (Phi) is 2.01. The van der Waals surface area contributed by atoms with E-state index in [1.807, 2.05) is 0 Å². The van der Waals surface area contributed by atoms with Crippen molar-refractivity contribution in [3.05, 3.63) is 41.5 Å². The van der Waals surface area contributed by atoms with E-state index in [0.717, 1.165) is 6.42 Å². The minimum atomic E-state index is 0.282. The highest BCUT2D eigenvalue weighted by Crippen LogP contribution is 2.66. The summed E-state index contributed by atoms with van der Waals surface area (Å²) in [7, 11) is 0. The summed E-state index contributed by atoms with van der Waals surface area (Å²) in [5, 5.41) is 8.93. The molecule has 0 bridgehead atoms. The number of allylic oxidation sites excluding steroid dienone is 2. The molecule has 3 rings (SSSR count). The Hall–Kier alpha value is -1.55. The standard InChI is InChI=1S/C16H17N/c1-15(2)11-12(7-10-17)13-5-3-4-6-14(13)16(15)8-9-16/h3-7H,8-9,11H2,1-2H3/b12-7+. The lowest BCUT2D eigenvalue weighted by Gasteiger charge is -2.42. The van der Waals surface area contributed by atoms with Crippen LogP contribution in [0.5, 0.6) is 0 Å². The molecule has 2 aliphatic carbocycles. The molecular formula is C16H17N. The molecule has 1 spiro atoms. The van der Waals surface area contributed by atoms with Gasteiger partial charge in [0.2, 0.25) is 0 Å². The molecule has 1 saturated carbocycles. The fraction of sp³-hybridized carbons (Fsp3) is 0.438. The van der Waals surface area contributed by atoms with Gasteiger partial charge in [-0.2, -0.15) is 5.26 Å². The Labute approximate surface area is 103 Å². The molecule has 1 aromatic rings. The van der Waals surface area contributed by atoms with Crippen LogP contribution < -0.4 is 0 Å². The third kappa shape index (κ3) is 1.30. The van der Waals surface area contributed by atoms with E-state index in [9.17, 15) is 0 Å². The van der Waals surface area contributed by atoms with Crippen LogP contribution in [-0.2, 0) is 5.41 Å². The summed E-state index contributed by atoms with van der Waals surface area (Å²) < 4.78 is 0. The highest BCUT2D eigenvalue weighted by atomic mass is 14.6. The van der Waals surface area contributed by atoms with Crippen molar-refractivity contribution in [3.63, 3.8) is 0 Å². The Morgan fingerprint density at radius 2 is 1.94 bits per heavy atom. The van der Waals surface area contributed by atoms with E-state index in [-0.39, 0.29) is 5.41 Å². The van der Waals surface area contributed by atoms with E-state index >= 15 is 0 Å². The number of hydrogen-bond acceptors (Lipinski definition) is 1. The first kappa shape index (κ1) is 10.6. The summed E-state index contributed by atoms with van der Waals surface area (Å²) in [6.07, 6.45) is 5.36. The first-order valence-corrected chi connectivity index (χ1v) is 6.29. The van der Waals surface area contributed by atoms with E-state index in [0.29, 0.717) is 5.41 Å². The van der Waals surface area contributed by atoms with Crippen LogP contribution in [0.15, 0.2) is 30.3 Å². The lowest BCUT2D eigenvalue weighted by atomic mass is 9.62. The molecule has 1 fully saturated rings. The maximum atomic E-state index is 8.93. The molecule has 86 valence electrons. The summed E-state index contributed by atoms with van der Waals surface area (Å²) in [5.74, 6) is 0. The Bertz CT molecular complexity index is 539. The average Bonchev–Trinajstić information content (AvgIpc) is 3.08. The van der Waals surface area contributed by atoms with Gasteiger partial charge in [-0.05, 0) is 41.4 Å². The smallest absolute Gasteiger partial charge is 0.0915 e. The number of hydrogen-bond donors (Lipinski definition) is 0. The van der Waals surface area contributed by atoms with Crippen LogP contribution in [0.3, 0.4) is 0 Å². The second-order valence-electron chi connectivity index (χ2n) is 5.99. The van der Waals surface area contributed by atoms with Crippen LogP contribution in [0, 0.1) is 16.7 Å². The minimum absolute atomic E-state index is 0.282. The van der Waals surface area contributed by atoms with Crippen LogP contribution in [-0.4, -0.2) is 0 Å². The fourth-order valence-corrected chi connectivity index (χ4v) is 3.56. The van der Waals surface area contributed by atoms with Gasteiger partial charge in [0.1, 0.15) is 0 Å². The molecule has 0 radical (unpaired) electrons. The number of nitrogens with zero attached hydrogens (tertiary/aromatic N) is 1. The molecule has 0 N–H and O–H groups in total. The monoisotopic (exact) mass is 223 g/mol. The molecule has 0 heterocycles. The van der Waals surface area contributed by atoms with E-state index in [4.69, 9.17) is 5.26 Å². The van der Waals surface area contributed by atoms with Gasteiger partial charge in [-0.1, -0.05) is 38.1 Å². The van der Waals surface area contributed by atoms with E-state index < -0.39 is 0 Å². The predicted octanol–water partition coefficient (Wildman–Crippen LogP) is 4.06. The van der Waals surface area contributed by atoms with Crippen molar-refractivity contribution in [1.29, 1.82) is 5.26 Å². The van der Waals surface area contributed by atoms with E-state index in [2.05, 4.69) is 44.2 Å². The van der Waals surface area contributed by atoms with Crippen LogP contribution in [0.25, 0.3) is 5.57 Å². The third-order valence-corrected chi connectivity index (χ3v) is 4.71. The molecule has 1 aromatic carbocycles. The maximum absolute atomic E-state index is 8.93. The first-order valence-electron chi connectivity index (χ1n) is 6.29. The normalized spacial score (nSPS) is 25.4. The molecule has 0 saturated heterocycles. The van der Waals surface area contributed by atoms with Gasteiger partial charge in [0.15, 0.2) is 0 Å². The fourth-order valence-electron chi connectivity index (χ4n) is 3.56. The first-order chi connectivity index (χ1) is 8.11. The van der Waals surface area contributed by atoms with Crippen molar-refractivity contribution in [1.82, 2.24) is 0 Å². The lowest BCUT2D eigenvalue weighted by molar-refractivity contribution is 0.262. The van der Waals surface area contributed by atoms with Crippen LogP contribution in [0.1, 0.15) is 44.2 Å². The van der Waals surface area contributed by atoms with Gasteiger partial charge in [-0.3, -0.25) is 0 Å². The molecule has 2 aliphatic rings. The van der Waals surface area contributed by atoms with E-state index in [1.165, 1.54) is 29.5 Å². The summed E-state index contributed by atoms with van der Waals surface area (Å²) in [4.78, 5) is 0. The SMILES string of the molecule is CC1(C)C/C(=C\C#N)c2ccccc2C12CC2. The maximum Gasteiger partial charge on any atom is 0.0915 e. The van der Waals surface area contributed by atoms with Gasteiger partial charge in [0.05, 0.1) is 6.07 Å². The second kappa shape index (κ2) is 3.23. The largest absolute Gasteiger partial charge is 0.193 e. The number of benzene rings is 1. The molecule has 0 aliphatic heterocycles. The second-order valence-corrected chi connectivity index (χ2v) is 5.99. The van der Waals surface area contributed by atoms with Crippen molar-refractivity contribution >= 4 is 5.57 Å². The number of nitriles is 1. The highest BCUT2D eigenvalue weighted by molar-refractivity contribution is 5.75. The molecule has 0 aromatic heterocycles. The molecular weight excluding hydrogens is 206 g/mol. The Balaban J connectivity index is 2.24. The van der Waals surface area contributed by atoms with Crippen LogP contribution in [0.4, 0.5) is 0 Å². The highest BCUT2D eigenvalue weighted by Gasteiger charge is 2.58. The topological polar surface area (TPSA) is 23.8 Å². The minimum Gasteiger partial charge on any atom is -0.193 e. The molecule has 17 heavy (non-hydrogen) atoms. The zero-order chi connectivity index (χ0) is 12.1. The molecule has 0 amide bonds. The molecule has 1 nitrogen and oxygen atoms in total. The van der Waals surface area contributed by atoms with Crippen molar-refractivity contribution in [2.75, 3.05) is 0 Å². The quantitative estimate of drug-likeness (QED) is 0.608. The van der Waals surface area contributed by atoms with Crippen molar-refractivity contribution in [2.24, 2.45) is 5.41 Å². The lowest BCUT2D eigenvalue weighted by Crippen LogP contribution is -2.34. The van der Waals surface area contributed by atoms with Gasteiger partial charge >= 0.3 is 0 Å². The van der Waals surface area contributed by atoms with Gasteiger partial charge in [0.25, 0.3) is 0 Å². The average molecular weight is 223 g/mol. The number of rotatable bonds is 0. The third-order valence-electron chi connectivity index (χ3n) is 4.71. The van der Waals surface area contributed by atoms with E-state index in [1.54, 1.807) is 6.08 Å². The molecule has 0 atom stereocenters. The summed E-state index contributed by atoms with van der Waals surface area (Å²) >= 11 is 0. The van der Waals surface area contributed by atoms with Gasteiger partial charge in [-0.15, -0.1) is 0 Å². The zero-order valence-electron chi connectivity index (χ0n) is 10.5. The van der Waals surface area contributed by atoms with Gasteiger partial charge in [0, 0.05) is 11.5 Å². The van der Waals surface area contributed by atoms with Gasteiger partial charge < -0.3 is 0 Å². The predicted molar refractivity (Wildman–Crippen MR) is 69.3 cm³/mol. The molecule has 0 unspecified atom stereocenters. The van der Waals surface area contributed by atoms with Crippen molar-refractivity contribution in [2.45, 2.75) is 38.5 Å². The zero-order valence-corrected chi connectivity index (χ0v) is 10.5. The summed E-state index contributed by atoms with van der Waals surface area (Å²) in [6, 6.07) is 10.8. The summed E-state index contributed by atoms with van der Waals surface area (Å²) in [6.45, 7) is 4.70. The van der Waals surface area contributed by atoms with Gasteiger partial charge in [-0.25, -0.2) is 0 Å². The Morgan fingerprint density at radius 1 is 1.24 bits per heavy atom. The van der Waals surface area contributed by atoms with Crippen molar-refractivity contribution in [3.8, 4) is 6.07 Å². The van der Waals surface area contributed by atoms with Crippen molar-refractivity contribution < 1.29 is 0 Å².